The number of aromatic nitrogens is 4. The van der Waals surface area contributed by atoms with Crippen molar-refractivity contribution in [2.24, 2.45) is 17.6 Å². The number of imidazole rings is 1. The lowest BCUT2D eigenvalue weighted by atomic mass is 9.77. The highest BCUT2D eigenvalue weighted by atomic mass is 35.5. The van der Waals surface area contributed by atoms with Gasteiger partial charge in [-0.15, -0.1) is 0 Å². The van der Waals surface area contributed by atoms with Crippen LogP contribution in [-0.2, 0) is 6.54 Å². The van der Waals surface area contributed by atoms with Gasteiger partial charge in [-0.3, -0.25) is 9.78 Å². The lowest BCUT2D eigenvalue weighted by Crippen LogP contribution is -2.30. The second kappa shape index (κ2) is 12.1. The topological polar surface area (TPSA) is 86.7 Å². The zero-order valence-corrected chi connectivity index (χ0v) is 21.5. The first-order chi connectivity index (χ1) is 17.5. The number of carbonyl (C=O) groups is 1. The van der Waals surface area contributed by atoms with Gasteiger partial charge in [-0.05, 0) is 43.0 Å². The third-order valence-corrected chi connectivity index (χ3v) is 6.68. The monoisotopic (exact) mass is 501 g/mol. The molecule has 2 aromatic carbocycles. The summed E-state index contributed by atoms with van der Waals surface area (Å²) >= 11 is 6.30. The van der Waals surface area contributed by atoms with Crippen LogP contribution in [0.3, 0.4) is 0 Å². The maximum absolute atomic E-state index is 13.8. The third kappa shape index (κ3) is 6.07. The summed E-state index contributed by atoms with van der Waals surface area (Å²) in [6, 6.07) is 18.0. The van der Waals surface area contributed by atoms with Crippen LogP contribution in [0.1, 0.15) is 54.5 Å². The number of halogens is 1. The highest BCUT2D eigenvalue weighted by molar-refractivity contribution is 6.30. The standard InChI is InChI=1S/C29H32ClN5O/c1-20(2)27(24(12-7-13-31)28(36)25-17-32-14-15-33-25)29-34-26(22-10-6-11-23(30)16-22)19-35(29)18-21-8-4-3-5-9-21/h3-6,8-11,14-17,19-20,24,27H,7,12-13,18,31H2,1-2H3/t24?,27-/m0/s1. The van der Waals surface area contributed by atoms with Crippen molar-refractivity contribution in [1.82, 2.24) is 19.5 Å². The first kappa shape index (κ1) is 25.7. The molecule has 0 radical (unpaired) electrons. The second-order valence-corrected chi connectivity index (χ2v) is 9.81. The molecule has 0 aliphatic heterocycles. The fourth-order valence-corrected chi connectivity index (χ4v) is 4.95. The molecule has 6 nitrogen and oxygen atoms in total. The minimum absolute atomic E-state index is 0.0196. The molecule has 4 rings (SSSR count). The summed E-state index contributed by atoms with van der Waals surface area (Å²) in [5, 5.41) is 0.658. The molecule has 0 bridgehead atoms. The van der Waals surface area contributed by atoms with Gasteiger partial charge in [0.15, 0.2) is 5.78 Å². The van der Waals surface area contributed by atoms with E-state index in [0.717, 1.165) is 29.1 Å². The molecule has 1 unspecified atom stereocenters. The largest absolute Gasteiger partial charge is 0.330 e. The summed E-state index contributed by atoms with van der Waals surface area (Å²) in [7, 11) is 0. The van der Waals surface area contributed by atoms with E-state index < -0.39 is 0 Å². The van der Waals surface area contributed by atoms with Crippen LogP contribution in [0.15, 0.2) is 79.4 Å². The van der Waals surface area contributed by atoms with Gasteiger partial charge >= 0.3 is 0 Å². The molecular weight excluding hydrogens is 470 g/mol. The zero-order chi connectivity index (χ0) is 25.5. The van der Waals surface area contributed by atoms with Gasteiger partial charge in [0, 0.05) is 47.6 Å². The van der Waals surface area contributed by atoms with Gasteiger partial charge < -0.3 is 10.3 Å². The third-order valence-electron chi connectivity index (χ3n) is 6.45. The summed E-state index contributed by atoms with van der Waals surface area (Å²) in [5.41, 5.74) is 9.20. The van der Waals surface area contributed by atoms with Gasteiger partial charge in [0.05, 0.1) is 11.9 Å². The second-order valence-electron chi connectivity index (χ2n) is 9.37. The van der Waals surface area contributed by atoms with E-state index in [-0.39, 0.29) is 23.5 Å². The Morgan fingerprint density at radius 2 is 1.89 bits per heavy atom. The molecule has 0 fully saturated rings. The van der Waals surface area contributed by atoms with E-state index in [1.54, 1.807) is 18.6 Å². The van der Waals surface area contributed by atoms with E-state index in [0.29, 0.717) is 30.2 Å². The zero-order valence-electron chi connectivity index (χ0n) is 20.7. The molecular formula is C29H32ClN5O. The molecule has 186 valence electrons. The van der Waals surface area contributed by atoms with Crippen molar-refractivity contribution < 1.29 is 4.79 Å². The van der Waals surface area contributed by atoms with Crippen LogP contribution in [0.5, 0.6) is 0 Å². The summed E-state index contributed by atoms with van der Waals surface area (Å²) in [4.78, 5) is 27.3. The Balaban J connectivity index is 1.83. The van der Waals surface area contributed by atoms with Crippen LogP contribution in [0.25, 0.3) is 11.3 Å². The Kier molecular flexibility index (Phi) is 8.62. The van der Waals surface area contributed by atoms with Crippen molar-refractivity contribution in [3.63, 3.8) is 0 Å². The van der Waals surface area contributed by atoms with E-state index in [1.165, 1.54) is 0 Å². The Morgan fingerprint density at radius 1 is 1.08 bits per heavy atom. The number of hydrogen-bond donors (Lipinski definition) is 1. The Morgan fingerprint density at radius 3 is 2.56 bits per heavy atom. The number of nitrogens with zero attached hydrogens (tertiary/aromatic N) is 4. The molecule has 0 aliphatic rings. The summed E-state index contributed by atoms with van der Waals surface area (Å²) < 4.78 is 2.18. The number of Topliss-reactive ketones (excluding diaryl/α,β-unsaturated/α-hetero) is 1. The lowest BCUT2D eigenvalue weighted by molar-refractivity contribution is 0.0862. The smallest absolute Gasteiger partial charge is 0.186 e. The van der Waals surface area contributed by atoms with Crippen molar-refractivity contribution in [3.05, 3.63) is 101 Å². The highest BCUT2D eigenvalue weighted by Gasteiger charge is 2.36. The van der Waals surface area contributed by atoms with Gasteiger partial charge in [0.1, 0.15) is 11.5 Å². The molecule has 2 N–H and O–H groups in total. The molecule has 0 saturated carbocycles. The minimum atomic E-state index is -0.325. The quantitative estimate of drug-likeness (QED) is 0.254. The molecule has 36 heavy (non-hydrogen) atoms. The number of carbonyl (C=O) groups excluding carboxylic acids is 1. The maximum atomic E-state index is 13.8. The predicted octanol–water partition coefficient (Wildman–Crippen LogP) is 6.02. The van der Waals surface area contributed by atoms with Gasteiger partial charge in [0.25, 0.3) is 0 Å². The maximum Gasteiger partial charge on any atom is 0.186 e. The number of ketones is 1. The van der Waals surface area contributed by atoms with Gasteiger partial charge in [-0.2, -0.15) is 0 Å². The van der Waals surface area contributed by atoms with E-state index in [2.05, 4.69) is 46.7 Å². The SMILES string of the molecule is CC(C)[C@H](c1nc(-c2cccc(Cl)c2)cn1Cc1ccccc1)C(CCCN)C(=O)c1cnccn1. The number of nitrogens with two attached hydrogens (primary N) is 1. The number of hydrogen-bond acceptors (Lipinski definition) is 5. The molecule has 7 heteroatoms. The van der Waals surface area contributed by atoms with Gasteiger partial charge in [-0.25, -0.2) is 9.97 Å². The normalized spacial score (nSPS) is 13.0. The summed E-state index contributed by atoms with van der Waals surface area (Å²) in [5.74, 6) is 0.548. The summed E-state index contributed by atoms with van der Waals surface area (Å²) in [6.07, 6.45) is 8.14. The molecule has 2 aromatic heterocycles. The van der Waals surface area contributed by atoms with Crippen molar-refractivity contribution in [2.45, 2.75) is 39.2 Å². The molecule has 0 saturated heterocycles. The molecule has 0 amide bonds. The van der Waals surface area contributed by atoms with Crippen LogP contribution < -0.4 is 5.73 Å². The van der Waals surface area contributed by atoms with Crippen molar-refractivity contribution in [2.75, 3.05) is 6.54 Å². The average Bonchev–Trinajstić information content (AvgIpc) is 3.30. The Hall–Kier alpha value is -3.35. The Labute approximate surface area is 217 Å². The first-order valence-corrected chi connectivity index (χ1v) is 12.7. The van der Waals surface area contributed by atoms with E-state index in [9.17, 15) is 4.79 Å². The van der Waals surface area contributed by atoms with Crippen molar-refractivity contribution >= 4 is 17.4 Å². The Bertz CT molecular complexity index is 1270. The van der Waals surface area contributed by atoms with E-state index >= 15 is 0 Å². The summed E-state index contributed by atoms with van der Waals surface area (Å²) in [6.45, 7) is 5.45. The van der Waals surface area contributed by atoms with Crippen molar-refractivity contribution in [1.29, 1.82) is 0 Å². The van der Waals surface area contributed by atoms with Crippen LogP contribution in [0, 0.1) is 11.8 Å². The minimum Gasteiger partial charge on any atom is -0.330 e. The van der Waals surface area contributed by atoms with Crippen LogP contribution in [0.4, 0.5) is 0 Å². The van der Waals surface area contributed by atoms with Gasteiger partial charge in [0.2, 0.25) is 0 Å². The van der Waals surface area contributed by atoms with Crippen molar-refractivity contribution in [3.8, 4) is 11.3 Å². The van der Waals surface area contributed by atoms with Crippen LogP contribution >= 0.6 is 11.6 Å². The fourth-order valence-electron chi connectivity index (χ4n) is 4.76. The van der Waals surface area contributed by atoms with Crippen LogP contribution in [-0.4, -0.2) is 31.8 Å². The number of benzene rings is 2. The average molecular weight is 502 g/mol. The molecule has 0 spiro atoms. The molecule has 2 atom stereocenters. The van der Waals surface area contributed by atoms with Gasteiger partial charge in [-0.1, -0.05) is 67.9 Å². The lowest BCUT2D eigenvalue weighted by Gasteiger charge is -2.29. The molecule has 4 aromatic rings. The molecule has 0 aliphatic carbocycles. The van der Waals surface area contributed by atoms with E-state index in [1.807, 2.05) is 42.5 Å². The number of rotatable bonds is 11. The predicted molar refractivity (Wildman–Crippen MR) is 144 cm³/mol. The highest BCUT2D eigenvalue weighted by Crippen LogP contribution is 2.38. The fraction of sp³-hybridized carbons (Fsp3) is 0.310. The first-order valence-electron chi connectivity index (χ1n) is 12.3. The van der Waals surface area contributed by atoms with Crippen LogP contribution in [0.2, 0.25) is 5.02 Å². The molecule has 2 heterocycles. The van der Waals surface area contributed by atoms with E-state index in [4.69, 9.17) is 22.3 Å².